The van der Waals surface area contributed by atoms with E-state index in [0.717, 1.165) is 27.0 Å². The Labute approximate surface area is 208 Å². The maximum atomic E-state index is 11.2. The van der Waals surface area contributed by atoms with E-state index in [1.807, 2.05) is 41.9 Å². The van der Waals surface area contributed by atoms with Crippen molar-refractivity contribution in [3.05, 3.63) is 71.4 Å². The molecule has 0 bridgehead atoms. The average molecular weight is 502 g/mol. The van der Waals surface area contributed by atoms with Crippen LogP contribution in [0, 0.1) is 0 Å². The molecule has 0 spiro atoms. The van der Waals surface area contributed by atoms with Gasteiger partial charge in [-0.05, 0) is 50.1 Å². The van der Waals surface area contributed by atoms with Gasteiger partial charge in [0.15, 0.2) is 0 Å². The van der Waals surface area contributed by atoms with Gasteiger partial charge in [0.2, 0.25) is 0 Å². The molecule has 0 amide bonds. The first kappa shape index (κ1) is 25.7. The van der Waals surface area contributed by atoms with E-state index in [1.54, 1.807) is 29.7 Å². The van der Waals surface area contributed by atoms with Crippen LogP contribution in [0.5, 0.6) is 5.75 Å². The molecule has 2 heterocycles. The van der Waals surface area contributed by atoms with Crippen LogP contribution in [0.2, 0.25) is 0 Å². The standard InChI is InChI=1S/C25H27N3O4S.ClH/c1-25(2,12-17-13-27-21-11-16(24(30)31)7-8-19(17)21)28-14-18(29)15-32-22-6-4-3-5-20(22)23-26-9-10-33-23;/h3-11,13,18,27-29H,12,14-15H2,1-2H3,(H,30,31);1H/t18-;/m0./s1. The SMILES string of the molecule is CC(C)(Cc1c[nH]c2cc(C(=O)O)ccc12)NC[C@H](O)COc1ccccc1-c1nccs1.Cl. The van der Waals surface area contributed by atoms with Crippen molar-refractivity contribution in [1.82, 2.24) is 15.3 Å². The van der Waals surface area contributed by atoms with Gasteiger partial charge >= 0.3 is 5.97 Å². The highest BCUT2D eigenvalue weighted by molar-refractivity contribution is 7.13. The first-order chi connectivity index (χ1) is 15.8. The molecule has 0 saturated carbocycles. The minimum atomic E-state index is -0.944. The molecule has 4 aromatic rings. The normalized spacial score (nSPS) is 12.3. The van der Waals surface area contributed by atoms with Crippen molar-refractivity contribution in [2.45, 2.75) is 31.9 Å². The highest BCUT2D eigenvalue weighted by Crippen LogP contribution is 2.31. The largest absolute Gasteiger partial charge is 0.490 e. The molecular formula is C25H28ClN3O4S. The number of para-hydroxylation sites is 1. The van der Waals surface area contributed by atoms with Gasteiger partial charge in [0.1, 0.15) is 23.5 Å². The Morgan fingerprint density at radius 1 is 1.26 bits per heavy atom. The second kappa shape index (κ2) is 11.0. The Morgan fingerprint density at radius 2 is 2.06 bits per heavy atom. The van der Waals surface area contributed by atoms with Crippen molar-refractivity contribution in [1.29, 1.82) is 0 Å². The van der Waals surface area contributed by atoms with Gasteiger partial charge in [-0.2, -0.15) is 0 Å². The van der Waals surface area contributed by atoms with Crippen LogP contribution in [0.1, 0.15) is 29.8 Å². The number of rotatable bonds is 10. The molecule has 2 aromatic heterocycles. The van der Waals surface area contributed by atoms with Crippen molar-refractivity contribution in [2.24, 2.45) is 0 Å². The van der Waals surface area contributed by atoms with E-state index in [1.165, 1.54) is 0 Å². The average Bonchev–Trinajstić information content (AvgIpc) is 3.46. The molecule has 1 atom stereocenters. The topological polar surface area (TPSA) is 107 Å². The highest BCUT2D eigenvalue weighted by Gasteiger charge is 2.22. The number of β-amino-alcohol motifs (C(OH)–C–C–N with tert-alkyl or cyclic N) is 1. The molecule has 0 aliphatic heterocycles. The summed E-state index contributed by atoms with van der Waals surface area (Å²) in [5, 5.41) is 26.9. The molecule has 4 rings (SSSR count). The number of thiazole rings is 1. The van der Waals surface area contributed by atoms with Crippen LogP contribution >= 0.6 is 23.7 Å². The zero-order valence-electron chi connectivity index (χ0n) is 18.9. The summed E-state index contributed by atoms with van der Waals surface area (Å²) >= 11 is 1.54. The van der Waals surface area contributed by atoms with Crippen LogP contribution in [0.3, 0.4) is 0 Å². The van der Waals surface area contributed by atoms with Crippen molar-refractivity contribution in [3.8, 4) is 16.3 Å². The van der Waals surface area contributed by atoms with Crippen LogP contribution in [-0.4, -0.2) is 50.9 Å². The van der Waals surface area contributed by atoms with Crippen LogP contribution in [0.15, 0.2) is 60.2 Å². The molecule has 0 fully saturated rings. The Bertz CT molecular complexity index is 1240. The minimum absolute atomic E-state index is 0. The van der Waals surface area contributed by atoms with E-state index in [-0.39, 0.29) is 30.1 Å². The number of aliphatic hydroxyl groups is 1. The van der Waals surface area contributed by atoms with Crippen molar-refractivity contribution in [2.75, 3.05) is 13.2 Å². The summed E-state index contributed by atoms with van der Waals surface area (Å²) < 4.78 is 5.91. The van der Waals surface area contributed by atoms with Gasteiger partial charge in [-0.3, -0.25) is 0 Å². The zero-order chi connectivity index (χ0) is 23.4. The van der Waals surface area contributed by atoms with Gasteiger partial charge in [0.25, 0.3) is 0 Å². The molecule has 0 radical (unpaired) electrons. The van der Waals surface area contributed by atoms with E-state index in [2.05, 4.69) is 29.1 Å². The number of aliphatic hydroxyl groups excluding tert-OH is 1. The van der Waals surface area contributed by atoms with Crippen molar-refractivity contribution >= 4 is 40.6 Å². The second-order valence-corrected chi connectivity index (χ2v) is 9.51. The van der Waals surface area contributed by atoms with E-state index in [4.69, 9.17) is 4.74 Å². The number of benzene rings is 2. The van der Waals surface area contributed by atoms with Gasteiger partial charge in [-0.15, -0.1) is 23.7 Å². The number of carboxylic acids is 1. The van der Waals surface area contributed by atoms with Gasteiger partial charge < -0.3 is 25.3 Å². The lowest BCUT2D eigenvalue weighted by atomic mass is 9.94. The van der Waals surface area contributed by atoms with Crippen LogP contribution < -0.4 is 10.1 Å². The fourth-order valence-corrected chi connectivity index (χ4v) is 4.44. The molecule has 180 valence electrons. The fraction of sp³-hybridized carbons (Fsp3) is 0.280. The number of hydrogen-bond donors (Lipinski definition) is 4. The van der Waals surface area contributed by atoms with Gasteiger partial charge in [-0.25, -0.2) is 9.78 Å². The molecule has 0 aliphatic rings. The Kier molecular flexibility index (Phi) is 8.33. The lowest BCUT2D eigenvalue weighted by Gasteiger charge is -2.28. The number of fused-ring (bicyclic) bond motifs is 1. The Balaban J connectivity index is 0.00000324. The number of carboxylic acid groups (broad SMARTS) is 1. The number of nitrogens with zero attached hydrogens (tertiary/aromatic N) is 1. The molecular weight excluding hydrogens is 474 g/mol. The number of halogens is 1. The van der Waals surface area contributed by atoms with Gasteiger partial charge in [0, 0.05) is 40.8 Å². The van der Waals surface area contributed by atoms with E-state index in [9.17, 15) is 15.0 Å². The molecule has 0 aliphatic carbocycles. The van der Waals surface area contributed by atoms with Gasteiger partial charge in [-0.1, -0.05) is 18.2 Å². The maximum Gasteiger partial charge on any atom is 0.335 e. The van der Waals surface area contributed by atoms with Crippen LogP contribution in [0.25, 0.3) is 21.5 Å². The third-order valence-electron chi connectivity index (χ3n) is 5.44. The maximum absolute atomic E-state index is 11.2. The summed E-state index contributed by atoms with van der Waals surface area (Å²) in [5.41, 5.74) is 2.77. The van der Waals surface area contributed by atoms with Gasteiger partial charge in [0.05, 0.1) is 11.1 Å². The van der Waals surface area contributed by atoms with Crippen molar-refractivity contribution in [3.63, 3.8) is 0 Å². The lowest BCUT2D eigenvalue weighted by Crippen LogP contribution is -2.46. The summed E-state index contributed by atoms with van der Waals surface area (Å²) in [7, 11) is 0. The Hall–Kier alpha value is -2.91. The number of H-pyrrole nitrogens is 1. The summed E-state index contributed by atoms with van der Waals surface area (Å²) in [4.78, 5) is 18.7. The quantitative estimate of drug-likeness (QED) is 0.249. The molecule has 2 aromatic carbocycles. The number of ether oxygens (including phenoxy) is 1. The number of carbonyl (C=O) groups is 1. The third-order valence-corrected chi connectivity index (χ3v) is 6.25. The van der Waals surface area contributed by atoms with E-state index < -0.39 is 12.1 Å². The number of nitrogens with one attached hydrogen (secondary N) is 2. The minimum Gasteiger partial charge on any atom is -0.490 e. The summed E-state index contributed by atoms with van der Waals surface area (Å²) in [6.07, 6.45) is 3.69. The number of aromatic nitrogens is 2. The highest BCUT2D eigenvalue weighted by atomic mass is 35.5. The van der Waals surface area contributed by atoms with E-state index >= 15 is 0 Å². The van der Waals surface area contributed by atoms with Crippen LogP contribution in [0.4, 0.5) is 0 Å². The molecule has 4 N–H and O–H groups in total. The summed E-state index contributed by atoms with van der Waals surface area (Å²) in [6, 6.07) is 12.8. The van der Waals surface area contributed by atoms with E-state index in [0.29, 0.717) is 18.7 Å². The first-order valence-corrected chi connectivity index (χ1v) is 11.6. The smallest absolute Gasteiger partial charge is 0.335 e. The number of aromatic carboxylic acids is 1. The number of aromatic amines is 1. The monoisotopic (exact) mass is 501 g/mol. The predicted octanol–water partition coefficient (Wildman–Crippen LogP) is 4.76. The molecule has 9 heteroatoms. The Morgan fingerprint density at radius 3 is 2.79 bits per heavy atom. The molecule has 34 heavy (non-hydrogen) atoms. The zero-order valence-corrected chi connectivity index (χ0v) is 20.6. The number of hydrogen-bond acceptors (Lipinski definition) is 6. The molecule has 0 unspecified atom stereocenters. The summed E-state index contributed by atoms with van der Waals surface area (Å²) in [5.74, 6) is -0.245. The predicted molar refractivity (Wildman–Crippen MR) is 137 cm³/mol. The summed E-state index contributed by atoms with van der Waals surface area (Å²) in [6.45, 7) is 4.68. The lowest BCUT2D eigenvalue weighted by molar-refractivity contribution is 0.0697. The third kappa shape index (κ3) is 6.15. The fourth-order valence-electron chi connectivity index (χ4n) is 3.77. The van der Waals surface area contributed by atoms with Crippen molar-refractivity contribution < 1.29 is 19.7 Å². The first-order valence-electron chi connectivity index (χ1n) is 10.7. The molecule has 7 nitrogen and oxygen atoms in total. The molecule has 0 saturated heterocycles. The van der Waals surface area contributed by atoms with Crippen LogP contribution in [-0.2, 0) is 6.42 Å². The second-order valence-electron chi connectivity index (χ2n) is 8.62.